The molecule has 0 aliphatic carbocycles. The number of hydrogen-bond donors (Lipinski definition) is 3. The summed E-state index contributed by atoms with van der Waals surface area (Å²) in [5, 5.41) is 29.8. The molecule has 0 radical (unpaired) electrons. The molecule has 3 N–H and O–H groups in total. The summed E-state index contributed by atoms with van der Waals surface area (Å²) in [7, 11) is 0. The van der Waals surface area contributed by atoms with E-state index in [1.165, 1.54) is 0 Å². The zero-order valence-electron chi connectivity index (χ0n) is 11.7. The molecular weight excluding hydrogens is 268 g/mol. The maximum Gasteiger partial charge on any atom is 0.143 e. The van der Waals surface area contributed by atoms with Crippen molar-refractivity contribution in [1.29, 1.82) is 0 Å². The van der Waals surface area contributed by atoms with Gasteiger partial charge in [0.1, 0.15) is 11.7 Å². The van der Waals surface area contributed by atoms with Crippen LogP contribution in [0.4, 0.5) is 0 Å². The SMILES string of the molecule is OCCOC(CO)C(O)(c1ccccc1)c1ccccc1. The molecule has 2 aromatic rings. The third-order valence-corrected chi connectivity index (χ3v) is 3.47. The van der Waals surface area contributed by atoms with Crippen molar-refractivity contribution in [2.24, 2.45) is 0 Å². The Bertz CT molecular complexity index is 488. The Labute approximate surface area is 124 Å². The molecule has 2 aromatic carbocycles. The third-order valence-electron chi connectivity index (χ3n) is 3.47. The first-order chi connectivity index (χ1) is 10.2. The van der Waals surface area contributed by atoms with E-state index in [1.54, 1.807) is 24.3 Å². The van der Waals surface area contributed by atoms with Crippen LogP contribution >= 0.6 is 0 Å². The summed E-state index contributed by atoms with van der Waals surface area (Å²) in [6.45, 7) is -0.482. The van der Waals surface area contributed by atoms with E-state index < -0.39 is 11.7 Å². The highest BCUT2D eigenvalue weighted by Crippen LogP contribution is 2.34. The fraction of sp³-hybridized carbons (Fsp3) is 0.294. The molecule has 0 aliphatic rings. The van der Waals surface area contributed by atoms with Gasteiger partial charge in [0.15, 0.2) is 0 Å². The van der Waals surface area contributed by atoms with Crippen molar-refractivity contribution < 1.29 is 20.1 Å². The van der Waals surface area contributed by atoms with E-state index >= 15 is 0 Å². The second-order valence-corrected chi connectivity index (χ2v) is 4.76. The lowest BCUT2D eigenvalue weighted by Crippen LogP contribution is -2.45. The van der Waals surface area contributed by atoms with E-state index in [4.69, 9.17) is 9.84 Å². The minimum Gasteiger partial charge on any atom is -0.394 e. The minimum atomic E-state index is -1.48. The van der Waals surface area contributed by atoms with Crippen molar-refractivity contribution in [2.45, 2.75) is 11.7 Å². The number of aliphatic hydroxyl groups excluding tert-OH is 2. The summed E-state index contributed by atoms with van der Waals surface area (Å²) < 4.78 is 5.46. The predicted octanol–water partition coefficient (Wildman–Crippen LogP) is 1.29. The Balaban J connectivity index is 2.48. The molecule has 1 atom stereocenters. The quantitative estimate of drug-likeness (QED) is 0.718. The summed E-state index contributed by atoms with van der Waals surface area (Å²) in [6.07, 6.45) is -0.866. The number of benzene rings is 2. The summed E-state index contributed by atoms with van der Waals surface area (Å²) in [5.41, 5.74) is -0.215. The molecule has 2 rings (SSSR count). The second-order valence-electron chi connectivity index (χ2n) is 4.76. The van der Waals surface area contributed by atoms with Gasteiger partial charge in [0.05, 0.1) is 19.8 Å². The Kier molecular flexibility index (Phi) is 5.47. The largest absolute Gasteiger partial charge is 0.394 e. The van der Waals surface area contributed by atoms with Crippen LogP contribution in [0.2, 0.25) is 0 Å². The molecule has 0 saturated heterocycles. The van der Waals surface area contributed by atoms with Gasteiger partial charge in [0.2, 0.25) is 0 Å². The van der Waals surface area contributed by atoms with Gasteiger partial charge in [0.25, 0.3) is 0 Å². The van der Waals surface area contributed by atoms with Gasteiger partial charge in [-0.05, 0) is 11.1 Å². The van der Waals surface area contributed by atoms with Crippen LogP contribution in [0.3, 0.4) is 0 Å². The van der Waals surface area contributed by atoms with Crippen molar-refractivity contribution in [2.75, 3.05) is 19.8 Å². The highest BCUT2D eigenvalue weighted by Gasteiger charge is 2.40. The van der Waals surface area contributed by atoms with Crippen molar-refractivity contribution in [3.8, 4) is 0 Å². The Morgan fingerprint density at radius 1 is 0.857 bits per heavy atom. The van der Waals surface area contributed by atoms with E-state index in [0.717, 1.165) is 0 Å². The van der Waals surface area contributed by atoms with Gasteiger partial charge in [-0.3, -0.25) is 0 Å². The van der Waals surface area contributed by atoms with Crippen LogP contribution in [0.5, 0.6) is 0 Å². The summed E-state index contributed by atoms with van der Waals surface area (Å²) in [6, 6.07) is 18.2. The summed E-state index contributed by atoms with van der Waals surface area (Å²) in [4.78, 5) is 0. The Hall–Kier alpha value is -1.72. The normalized spacial score (nSPS) is 13.1. The van der Waals surface area contributed by atoms with Gasteiger partial charge in [-0.1, -0.05) is 60.7 Å². The number of hydrogen-bond acceptors (Lipinski definition) is 4. The fourth-order valence-electron chi connectivity index (χ4n) is 2.42. The van der Waals surface area contributed by atoms with E-state index in [-0.39, 0.29) is 19.8 Å². The van der Waals surface area contributed by atoms with Crippen LogP contribution in [0.1, 0.15) is 11.1 Å². The lowest BCUT2D eigenvalue weighted by molar-refractivity contribution is -0.115. The molecule has 4 nitrogen and oxygen atoms in total. The summed E-state index contributed by atoms with van der Waals surface area (Å²) in [5.74, 6) is 0. The minimum absolute atomic E-state index is 0.0488. The molecule has 112 valence electrons. The maximum absolute atomic E-state index is 11.3. The number of rotatable bonds is 7. The van der Waals surface area contributed by atoms with Crippen LogP contribution in [0.25, 0.3) is 0 Å². The smallest absolute Gasteiger partial charge is 0.143 e. The first kappa shape index (κ1) is 15.7. The molecule has 21 heavy (non-hydrogen) atoms. The zero-order valence-corrected chi connectivity index (χ0v) is 11.7. The van der Waals surface area contributed by atoms with Crippen LogP contribution in [-0.2, 0) is 10.3 Å². The molecule has 4 heteroatoms. The second kappa shape index (κ2) is 7.33. The van der Waals surface area contributed by atoms with Crippen LogP contribution in [0.15, 0.2) is 60.7 Å². The number of ether oxygens (including phenoxy) is 1. The van der Waals surface area contributed by atoms with Gasteiger partial charge in [0, 0.05) is 0 Å². The predicted molar refractivity (Wildman–Crippen MR) is 79.8 cm³/mol. The highest BCUT2D eigenvalue weighted by atomic mass is 16.5. The van der Waals surface area contributed by atoms with Crippen LogP contribution in [0, 0.1) is 0 Å². The maximum atomic E-state index is 11.3. The first-order valence-corrected chi connectivity index (χ1v) is 6.90. The lowest BCUT2D eigenvalue weighted by atomic mass is 9.81. The van der Waals surface area contributed by atoms with Crippen LogP contribution in [-0.4, -0.2) is 41.2 Å². The zero-order chi connectivity index (χ0) is 15.1. The van der Waals surface area contributed by atoms with Gasteiger partial charge in [-0.2, -0.15) is 0 Å². The molecular formula is C17H20O4. The Morgan fingerprint density at radius 2 is 1.33 bits per heavy atom. The standard InChI is InChI=1S/C17H20O4/c18-11-12-21-16(13-19)17(20,14-7-3-1-4-8-14)15-9-5-2-6-10-15/h1-10,16,18-20H,11-13H2. The van der Waals surface area contributed by atoms with Crippen molar-refractivity contribution >= 4 is 0 Å². The molecule has 0 aromatic heterocycles. The molecule has 1 unspecified atom stereocenters. The Morgan fingerprint density at radius 3 is 1.71 bits per heavy atom. The molecule has 0 aliphatic heterocycles. The summed E-state index contributed by atoms with van der Waals surface area (Å²) >= 11 is 0. The monoisotopic (exact) mass is 288 g/mol. The number of aliphatic hydroxyl groups is 3. The topological polar surface area (TPSA) is 69.9 Å². The molecule has 0 bridgehead atoms. The molecule has 0 spiro atoms. The van der Waals surface area contributed by atoms with Crippen molar-refractivity contribution in [3.63, 3.8) is 0 Å². The lowest BCUT2D eigenvalue weighted by Gasteiger charge is -2.36. The van der Waals surface area contributed by atoms with Gasteiger partial charge in [-0.15, -0.1) is 0 Å². The third kappa shape index (κ3) is 3.31. The van der Waals surface area contributed by atoms with Crippen LogP contribution < -0.4 is 0 Å². The molecule has 0 saturated carbocycles. The molecule has 0 amide bonds. The van der Waals surface area contributed by atoms with E-state index in [9.17, 15) is 10.2 Å². The van der Waals surface area contributed by atoms with Crippen molar-refractivity contribution in [1.82, 2.24) is 0 Å². The highest BCUT2D eigenvalue weighted by molar-refractivity contribution is 5.37. The van der Waals surface area contributed by atoms with E-state index in [2.05, 4.69) is 0 Å². The van der Waals surface area contributed by atoms with E-state index in [1.807, 2.05) is 36.4 Å². The average Bonchev–Trinajstić information content (AvgIpc) is 2.57. The fourth-order valence-corrected chi connectivity index (χ4v) is 2.42. The van der Waals surface area contributed by atoms with Gasteiger partial charge >= 0.3 is 0 Å². The van der Waals surface area contributed by atoms with Gasteiger partial charge < -0.3 is 20.1 Å². The molecule has 0 fully saturated rings. The van der Waals surface area contributed by atoms with Gasteiger partial charge in [-0.25, -0.2) is 0 Å². The molecule has 0 heterocycles. The van der Waals surface area contributed by atoms with Crippen molar-refractivity contribution in [3.05, 3.63) is 71.8 Å². The average molecular weight is 288 g/mol. The first-order valence-electron chi connectivity index (χ1n) is 6.90. The van der Waals surface area contributed by atoms with E-state index in [0.29, 0.717) is 11.1 Å².